The minimum absolute atomic E-state index is 0.0877. The number of alkyl halides is 2. The Bertz CT molecular complexity index is 1140. The fraction of sp³-hybridized carbons (Fsp3) is 0.217. The number of hydrogen-bond acceptors (Lipinski definition) is 2. The summed E-state index contributed by atoms with van der Waals surface area (Å²) in [7, 11) is -5.66. The Kier molecular flexibility index (Phi) is 8.75. The monoisotopic (exact) mass is 604 g/mol. The molecule has 170 valence electrons. The topological polar surface area (TPSA) is 57.5 Å². The average molecular weight is 606 g/mol. The van der Waals surface area contributed by atoms with Crippen LogP contribution in [0, 0.1) is 0 Å². The van der Waals surface area contributed by atoms with Gasteiger partial charge in [-0.05, 0) is 66.0 Å². The van der Waals surface area contributed by atoms with Crippen LogP contribution in [0.5, 0.6) is 0 Å². The largest absolute Gasteiger partial charge is 0.399 e. The van der Waals surface area contributed by atoms with Crippen LogP contribution < -0.4 is 0 Å². The van der Waals surface area contributed by atoms with Gasteiger partial charge < -0.3 is 9.79 Å². The number of halogens is 4. The van der Waals surface area contributed by atoms with Gasteiger partial charge in [0.2, 0.25) is 0 Å². The first-order valence-corrected chi connectivity index (χ1v) is 14.0. The lowest BCUT2D eigenvalue weighted by Gasteiger charge is -2.21. The number of unbranched alkanes of at least 4 members (excludes halogenated alkanes) is 1. The molecule has 0 amide bonds. The van der Waals surface area contributed by atoms with Gasteiger partial charge in [0.05, 0.1) is 0 Å². The Hall–Kier alpha value is -1.02. The van der Waals surface area contributed by atoms with Crippen LogP contribution >= 0.6 is 51.2 Å². The van der Waals surface area contributed by atoms with Crippen molar-refractivity contribution in [2.75, 3.05) is 5.75 Å². The summed E-state index contributed by atoms with van der Waals surface area (Å²) in [6.45, 7) is 0. The molecule has 0 saturated carbocycles. The van der Waals surface area contributed by atoms with E-state index in [9.17, 15) is 13.3 Å². The van der Waals surface area contributed by atoms with Crippen molar-refractivity contribution in [2.24, 2.45) is 0 Å². The first-order valence-electron chi connectivity index (χ1n) is 9.80. The predicted octanol–water partition coefficient (Wildman–Crippen LogP) is 8.22. The maximum atomic E-state index is 14.4. The molecule has 9 heteroatoms. The maximum Gasteiger partial charge on any atom is 0.399 e. The van der Waals surface area contributed by atoms with Gasteiger partial charge in [-0.25, -0.2) is 0 Å². The third kappa shape index (κ3) is 6.31. The Morgan fingerprint density at radius 2 is 1.66 bits per heavy atom. The molecular formula is C23H21Br2F2O3PS. The summed E-state index contributed by atoms with van der Waals surface area (Å²) in [6.07, 6.45) is 2.87. The van der Waals surface area contributed by atoms with E-state index in [1.165, 1.54) is 17.0 Å². The molecule has 0 aromatic heterocycles. The number of rotatable bonds is 9. The summed E-state index contributed by atoms with van der Waals surface area (Å²) in [6, 6.07) is 19.1. The second kappa shape index (κ2) is 10.9. The van der Waals surface area contributed by atoms with Gasteiger partial charge in [0, 0.05) is 19.4 Å². The SMILES string of the molecule is O=P(O)(O)C(F)(F)c1ccccc1-c1ccc(CCCCSc2cccc(Br)c2)cc1Br. The van der Waals surface area contributed by atoms with E-state index in [1.54, 1.807) is 23.9 Å². The fourth-order valence-corrected chi connectivity index (χ4v) is 5.92. The Morgan fingerprint density at radius 3 is 2.34 bits per heavy atom. The van der Waals surface area contributed by atoms with Gasteiger partial charge in [-0.2, -0.15) is 8.78 Å². The van der Waals surface area contributed by atoms with E-state index in [0.717, 1.165) is 41.1 Å². The molecule has 3 nitrogen and oxygen atoms in total. The molecule has 32 heavy (non-hydrogen) atoms. The third-order valence-electron chi connectivity index (χ3n) is 4.87. The van der Waals surface area contributed by atoms with Gasteiger partial charge in [0.1, 0.15) is 0 Å². The molecule has 0 aliphatic carbocycles. The number of hydrogen-bond donors (Lipinski definition) is 2. The summed E-state index contributed by atoms with van der Waals surface area (Å²) < 4.78 is 41.9. The van der Waals surface area contributed by atoms with Crippen LogP contribution in [-0.4, -0.2) is 15.5 Å². The van der Waals surface area contributed by atoms with Crippen LogP contribution in [0.1, 0.15) is 24.0 Å². The van der Waals surface area contributed by atoms with Crippen molar-refractivity contribution in [1.82, 2.24) is 0 Å². The zero-order chi connectivity index (χ0) is 23.4. The molecule has 0 heterocycles. The van der Waals surface area contributed by atoms with Gasteiger partial charge in [-0.3, -0.25) is 4.57 Å². The molecule has 0 atom stereocenters. The molecule has 0 fully saturated rings. The van der Waals surface area contributed by atoms with Crippen LogP contribution in [0.2, 0.25) is 0 Å². The number of thioether (sulfide) groups is 1. The molecule has 3 rings (SSSR count). The average Bonchev–Trinajstić information content (AvgIpc) is 2.73. The number of benzene rings is 3. The van der Waals surface area contributed by atoms with Crippen molar-refractivity contribution in [3.05, 3.63) is 86.8 Å². The molecule has 0 radical (unpaired) electrons. The van der Waals surface area contributed by atoms with Crippen LogP contribution in [0.25, 0.3) is 11.1 Å². The van der Waals surface area contributed by atoms with E-state index >= 15 is 0 Å². The van der Waals surface area contributed by atoms with Crippen molar-refractivity contribution in [1.29, 1.82) is 0 Å². The van der Waals surface area contributed by atoms with Crippen LogP contribution in [0.3, 0.4) is 0 Å². The van der Waals surface area contributed by atoms with Gasteiger partial charge >= 0.3 is 13.3 Å². The van der Waals surface area contributed by atoms with Crippen LogP contribution in [-0.2, 0) is 16.6 Å². The highest BCUT2D eigenvalue weighted by atomic mass is 79.9. The summed E-state index contributed by atoms with van der Waals surface area (Å²) >= 11 is 8.72. The Morgan fingerprint density at radius 1 is 0.906 bits per heavy atom. The second-order valence-corrected chi connectivity index (χ2v) is 11.8. The van der Waals surface area contributed by atoms with E-state index in [2.05, 4.69) is 44.0 Å². The Labute approximate surface area is 207 Å². The highest BCUT2D eigenvalue weighted by Crippen LogP contribution is 2.60. The van der Waals surface area contributed by atoms with Crippen molar-refractivity contribution in [2.45, 2.75) is 29.8 Å². The van der Waals surface area contributed by atoms with E-state index in [-0.39, 0.29) is 5.56 Å². The van der Waals surface area contributed by atoms with Gasteiger partial charge in [-0.15, -0.1) is 11.8 Å². The van der Waals surface area contributed by atoms with Crippen molar-refractivity contribution in [3.8, 4) is 11.1 Å². The molecule has 3 aromatic rings. The quantitative estimate of drug-likeness (QED) is 0.147. The summed E-state index contributed by atoms with van der Waals surface area (Å²) in [5, 5.41) is 0. The van der Waals surface area contributed by atoms with E-state index < -0.39 is 18.8 Å². The minimum atomic E-state index is -5.66. The first kappa shape index (κ1) is 25.6. The smallest absolute Gasteiger partial charge is 0.320 e. The zero-order valence-electron chi connectivity index (χ0n) is 16.8. The Balaban J connectivity index is 1.67. The molecule has 0 saturated heterocycles. The summed E-state index contributed by atoms with van der Waals surface area (Å²) in [4.78, 5) is 19.5. The summed E-state index contributed by atoms with van der Waals surface area (Å²) in [5.74, 6) is 1.00. The molecule has 0 bridgehead atoms. The standard InChI is InChI=1S/C23H21Br2F2O3PS/c24-17-7-5-8-18(15-17)32-13-4-3-6-16-11-12-20(22(25)14-16)19-9-1-2-10-21(19)23(26,27)31(28,29)30/h1-2,5,7-12,14-15H,3-4,6,13H2,(H2,28,29,30). The van der Waals surface area contributed by atoms with Gasteiger partial charge in [-0.1, -0.05) is 74.3 Å². The fourth-order valence-electron chi connectivity index (χ4n) is 3.25. The maximum absolute atomic E-state index is 14.4. The highest BCUT2D eigenvalue weighted by Gasteiger charge is 2.51. The van der Waals surface area contributed by atoms with Gasteiger partial charge in [0.15, 0.2) is 0 Å². The van der Waals surface area contributed by atoms with E-state index in [0.29, 0.717) is 10.0 Å². The lowest BCUT2D eigenvalue weighted by Crippen LogP contribution is -2.15. The van der Waals surface area contributed by atoms with Crippen molar-refractivity contribution < 1.29 is 23.1 Å². The highest BCUT2D eigenvalue weighted by molar-refractivity contribution is 9.10. The normalized spacial score (nSPS) is 12.2. The molecule has 3 aromatic carbocycles. The minimum Gasteiger partial charge on any atom is -0.320 e. The molecule has 0 spiro atoms. The predicted molar refractivity (Wildman–Crippen MR) is 133 cm³/mol. The van der Waals surface area contributed by atoms with Gasteiger partial charge in [0.25, 0.3) is 0 Å². The second-order valence-electron chi connectivity index (χ2n) is 7.21. The van der Waals surface area contributed by atoms with Crippen LogP contribution in [0.4, 0.5) is 8.78 Å². The lowest BCUT2D eigenvalue weighted by molar-refractivity contribution is 0.0570. The number of aryl methyl sites for hydroxylation is 1. The van der Waals surface area contributed by atoms with E-state index in [1.807, 2.05) is 24.3 Å². The molecule has 0 aliphatic heterocycles. The van der Waals surface area contributed by atoms with Crippen molar-refractivity contribution >= 4 is 51.2 Å². The van der Waals surface area contributed by atoms with Crippen molar-refractivity contribution in [3.63, 3.8) is 0 Å². The molecule has 0 unspecified atom stereocenters. The lowest BCUT2D eigenvalue weighted by atomic mass is 9.97. The summed E-state index contributed by atoms with van der Waals surface area (Å²) in [5.41, 5.74) is -3.35. The first-order chi connectivity index (χ1) is 15.1. The molecular weight excluding hydrogens is 585 g/mol. The van der Waals surface area contributed by atoms with E-state index in [4.69, 9.17) is 9.79 Å². The molecule has 0 aliphatic rings. The molecule has 2 N–H and O–H groups in total. The zero-order valence-corrected chi connectivity index (χ0v) is 21.7. The third-order valence-corrected chi connectivity index (χ3v) is 8.07. The van der Waals surface area contributed by atoms with Crippen LogP contribution in [0.15, 0.2) is 80.6 Å².